The fourth-order valence-electron chi connectivity index (χ4n) is 2.27. The van der Waals surface area contributed by atoms with Crippen molar-refractivity contribution in [2.45, 2.75) is 31.4 Å². The van der Waals surface area contributed by atoms with Gasteiger partial charge in [-0.1, -0.05) is 18.2 Å². The standard InChI is InChI=1S/C12H14F3N/c13-12(14,15)11(7-16)10-5-4-8-2-1-3-9(8)6-10/h4-6,11H,1-3,7,16H2. The molecule has 1 unspecified atom stereocenters. The van der Waals surface area contributed by atoms with Gasteiger partial charge in [0.2, 0.25) is 0 Å². The molecule has 0 bridgehead atoms. The van der Waals surface area contributed by atoms with Crippen molar-refractivity contribution >= 4 is 0 Å². The lowest BCUT2D eigenvalue weighted by molar-refractivity contribution is -0.148. The summed E-state index contributed by atoms with van der Waals surface area (Å²) in [7, 11) is 0. The number of hydrogen-bond donors (Lipinski definition) is 1. The first-order chi connectivity index (χ1) is 7.52. The van der Waals surface area contributed by atoms with Gasteiger partial charge in [-0.05, 0) is 36.0 Å². The van der Waals surface area contributed by atoms with Gasteiger partial charge in [0.15, 0.2) is 0 Å². The molecule has 0 aromatic heterocycles. The van der Waals surface area contributed by atoms with Crippen molar-refractivity contribution in [1.29, 1.82) is 0 Å². The predicted octanol–water partition coefficient (Wildman–Crippen LogP) is 2.78. The summed E-state index contributed by atoms with van der Waals surface area (Å²) in [5.74, 6) is -1.53. The Bertz CT molecular complexity index is 384. The van der Waals surface area contributed by atoms with Gasteiger partial charge in [-0.15, -0.1) is 0 Å². The van der Waals surface area contributed by atoms with Gasteiger partial charge in [0.1, 0.15) is 0 Å². The number of aryl methyl sites for hydroxylation is 2. The van der Waals surface area contributed by atoms with Gasteiger partial charge in [-0.3, -0.25) is 0 Å². The molecule has 2 N–H and O–H groups in total. The Morgan fingerprint density at radius 1 is 1.19 bits per heavy atom. The molecule has 2 rings (SSSR count). The van der Waals surface area contributed by atoms with E-state index < -0.39 is 12.1 Å². The predicted molar refractivity (Wildman–Crippen MR) is 56.3 cm³/mol. The first kappa shape index (κ1) is 11.5. The Balaban J connectivity index is 2.33. The maximum atomic E-state index is 12.7. The van der Waals surface area contributed by atoms with Crippen molar-refractivity contribution in [3.05, 3.63) is 34.9 Å². The molecule has 1 aromatic carbocycles. The fraction of sp³-hybridized carbons (Fsp3) is 0.500. The van der Waals surface area contributed by atoms with E-state index in [0.29, 0.717) is 5.56 Å². The van der Waals surface area contributed by atoms with Crippen LogP contribution in [0.2, 0.25) is 0 Å². The summed E-state index contributed by atoms with van der Waals surface area (Å²) in [5.41, 5.74) is 7.76. The molecule has 0 saturated carbocycles. The Kier molecular flexibility index (Phi) is 2.93. The fourth-order valence-corrected chi connectivity index (χ4v) is 2.27. The smallest absolute Gasteiger partial charge is 0.330 e. The van der Waals surface area contributed by atoms with Crippen molar-refractivity contribution in [2.24, 2.45) is 5.73 Å². The van der Waals surface area contributed by atoms with Crippen molar-refractivity contribution in [3.8, 4) is 0 Å². The Labute approximate surface area is 92.5 Å². The summed E-state index contributed by atoms with van der Waals surface area (Å²) < 4.78 is 38.0. The van der Waals surface area contributed by atoms with E-state index in [4.69, 9.17) is 5.73 Å². The number of nitrogens with two attached hydrogens (primary N) is 1. The van der Waals surface area contributed by atoms with Crippen LogP contribution in [0.1, 0.15) is 29.0 Å². The molecular formula is C12H14F3N. The molecule has 0 radical (unpaired) electrons. The van der Waals surface area contributed by atoms with Gasteiger partial charge in [0.25, 0.3) is 0 Å². The maximum absolute atomic E-state index is 12.7. The van der Waals surface area contributed by atoms with Gasteiger partial charge >= 0.3 is 6.18 Å². The number of benzene rings is 1. The zero-order valence-corrected chi connectivity index (χ0v) is 8.85. The number of hydrogen-bond acceptors (Lipinski definition) is 1. The summed E-state index contributed by atoms with van der Waals surface area (Å²) >= 11 is 0. The van der Waals surface area contributed by atoms with Crippen molar-refractivity contribution < 1.29 is 13.2 Å². The SMILES string of the molecule is NCC(c1ccc2c(c1)CCC2)C(F)(F)F. The van der Waals surface area contributed by atoms with Crippen LogP contribution in [0.25, 0.3) is 0 Å². The van der Waals surface area contributed by atoms with Crippen LogP contribution in [0, 0.1) is 0 Å². The minimum absolute atomic E-state index is 0.302. The zero-order valence-electron chi connectivity index (χ0n) is 8.85. The summed E-state index contributed by atoms with van der Waals surface area (Å²) in [6.07, 6.45) is -1.34. The molecule has 0 saturated heterocycles. The first-order valence-electron chi connectivity index (χ1n) is 5.41. The molecule has 1 aliphatic rings. The zero-order chi connectivity index (χ0) is 11.8. The molecule has 1 nitrogen and oxygen atoms in total. The third-order valence-corrected chi connectivity index (χ3v) is 3.16. The van der Waals surface area contributed by atoms with Crippen LogP contribution in [0.5, 0.6) is 0 Å². The number of fused-ring (bicyclic) bond motifs is 1. The Hall–Kier alpha value is -1.03. The molecular weight excluding hydrogens is 215 g/mol. The molecule has 1 aromatic rings. The summed E-state index contributed by atoms with van der Waals surface area (Å²) in [4.78, 5) is 0. The minimum atomic E-state index is -4.25. The van der Waals surface area contributed by atoms with E-state index in [2.05, 4.69) is 0 Å². The second kappa shape index (κ2) is 4.09. The Morgan fingerprint density at radius 3 is 2.50 bits per heavy atom. The maximum Gasteiger partial charge on any atom is 0.396 e. The average molecular weight is 229 g/mol. The highest BCUT2D eigenvalue weighted by atomic mass is 19.4. The largest absolute Gasteiger partial charge is 0.396 e. The van der Waals surface area contributed by atoms with E-state index in [0.717, 1.165) is 24.8 Å². The highest BCUT2D eigenvalue weighted by molar-refractivity contribution is 5.37. The molecule has 0 amide bonds. The second-order valence-electron chi connectivity index (χ2n) is 4.21. The lowest BCUT2D eigenvalue weighted by Crippen LogP contribution is -2.28. The highest BCUT2D eigenvalue weighted by Gasteiger charge is 2.39. The van der Waals surface area contributed by atoms with Crippen LogP contribution in [0.4, 0.5) is 13.2 Å². The summed E-state index contributed by atoms with van der Waals surface area (Å²) in [5, 5.41) is 0. The minimum Gasteiger partial charge on any atom is -0.330 e. The van der Waals surface area contributed by atoms with Gasteiger partial charge in [-0.2, -0.15) is 13.2 Å². The van der Waals surface area contributed by atoms with Crippen molar-refractivity contribution in [1.82, 2.24) is 0 Å². The third kappa shape index (κ3) is 2.07. The van der Waals surface area contributed by atoms with E-state index in [9.17, 15) is 13.2 Å². The molecule has 0 fully saturated rings. The molecule has 16 heavy (non-hydrogen) atoms. The Morgan fingerprint density at radius 2 is 1.88 bits per heavy atom. The second-order valence-corrected chi connectivity index (χ2v) is 4.21. The number of alkyl halides is 3. The molecule has 4 heteroatoms. The van der Waals surface area contributed by atoms with Crippen LogP contribution in [0.3, 0.4) is 0 Å². The van der Waals surface area contributed by atoms with Crippen molar-refractivity contribution in [3.63, 3.8) is 0 Å². The van der Waals surface area contributed by atoms with Gasteiger partial charge in [0, 0.05) is 6.54 Å². The molecule has 0 spiro atoms. The number of rotatable bonds is 2. The van der Waals surface area contributed by atoms with Crippen LogP contribution in [0.15, 0.2) is 18.2 Å². The lowest BCUT2D eigenvalue weighted by atomic mass is 9.95. The molecule has 0 heterocycles. The van der Waals surface area contributed by atoms with Gasteiger partial charge < -0.3 is 5.73 Å². The highest BCUT2D eigenvalue weighted by Crippen LogP contribution is 2.35. The van der Waals surface area contributed by atoms with E-state index in [1.165, 1.54) is 5.56 Å². The van der Waals surface area contributed by atoms with Crippen LogP contribution >= 0.6 is 0 Å². The quantitative estimate of drug-likeness (QED) is 0.829. The van der Waals surface area contributed by atoms with Crippen LogP contribution < -0.4 is 5.73 Å². The molecule has 1 aliphatic carbocycles. The van der Waals surface area contributed by atoms with Crippen molar-refractivity contribution in [2.75, 3.05) is 6.54 Å². The average Bonchev–Trinajstić information content (AvgIpc) is 2.63. The molecule has 1 atom stereocenters. The normalized spacial score (nSPS) is 17.2. The van der Waals surface area contributed by atoms with E-state index >= 15 is 0 Å². The van der Waals surface area contributed by atoms with Crippen LogP contribution in [-0.4, -0.2) is 12.7 Å². The van der Waals surface area contributed by atoms with E-state index in [1.807, 2.05) is 6.07 Å². The van der Waals surface area contributed by atoms with E-state index in [-0.39, 0.29) is 6.54 Å². The molecule has 88 valence electrons. The first-order valence-corrected chi connectivity index (χ1v) is 5.41. The summed E-state index contributed by atoms with van der Waals surface area (Å²) in [6.45, 7) is -0.387. The number of halogens is 3. The molecule has 0 aliphatic heterocycles. The van der Waals surface area contributed by atoms with Gasteiger partial charge in [0.05, 0.1) is 5.92 Å². The lowest BCUT2D eigenvalue weighted by Gasteiger charge is -2.19. The van der Waals surface area contributed by atoms with E-state index in [1.54, 1.807) is 12.1 Å². The van der Waals surface area contributed by atoms with Crippen LogP contribution in [-0.2, 0) is 12.8 Å². The third-order valence-electron chi connectivity index (χ3n) is 3.16. The van der Waals surface area contributed by atoms with Gasteiger partial charge in [-0.25, -0.2) is 0 Å². The monoisotopic (exact) mass is 229 g/mol. The topological polar surface area (TPSA) is 26.0 Å². The summed E-state index contributed by atoms with van der Waals surface area (Å²) in [6, 6.07) is 5.05.